The third-order valence-electron chi connectivity index (χ3n) is 1.86. The van der Waals surface area contributed by atoms with E-state index in [0.29, 0.717) is 18.9 Å². The van der Waals surface area contributed by atoms with Gasteiger partial charge in [-0.15, -0.1) is 0 Å². The van der Waals surface area contributed by atoms with Gasteiger partial charge < -0.3 is 0 Å². The Morgan fingerprint density at radius 2 is 2.00 bits per heavy atom. The maximum absolute atomic E-state index is 11.2. The second-order valence-electron chi connectivity index (χ2n) is 4.04. The van der Waals surface area contributed by atoms with E-state index in [2.05, 4.69) is 12.4 Å². The summed E-state index contributed by atoms with van der Waals surface area (Å²) in [6.07, 6.45) is 5.09. The van der Waals surface area contributed by atoms with Crippen molar-refractivity contribution >= 4 is 5.91 Å². The monoisotopic (exact) mass is 201 g/mol. The number of hydrogen-bond acceptors (Lipinski definition) is 2. The van der Waals surface area contributed by atoms with Gasteiger partial charge in [0.05, 0.1) is 6.61 Å². The topological polar surface area (TPSA) is 38.3 Å². The van der Waals surface area contributed by atoms with Crippen molar-refractivity contribution in [1.29, 1.82) is 0 Å². The van der Waals surface area contributed by atoms with Crippen molar-refractivity contribution in [3.05, 3.63) is 0 Å². The molecule has 84 valence electrons. The number of hydroxylamine groups is 1. The highest BCUT2D eigenvalue weighted by atomic mass is 16.6. The summed E-state index contributed by atoms with van der Waals surface area (Å²) in [6, 6.07) is 0. The molecule has 0 spiro atoms. The molecule has 1 amide bonds. The lowest BCUT2D eigenvalue weighted by Gasteiger charge is -2.07. The van der Waals surface area contributed by atoms with Crippen molar-refractivity contribution in [2.75, 3.05) is 6.61 Å². The molecule has 0 radical (unpaired) electrons. The molecule has 0 rings (SSSR count). The molecule has 3 nitrogen and oxygen atoms in total. The van der Waals surface area contributed by atoms with Gasteiger partial charge in [-0.05, 0) is 12.3 Å². The molecule has 0 aliphatic rings. The summed E-state index contributed by atoms with van der Waals surface area (Å²) in [6.45, 7) is 6.84. The van der Waals surface area contributed by atoms with Crippen molar-refractivity contribution in [3.8, 4) is 0 Å². The lowest BCUT2D eigenvalue weighted by molar-refractivity contribution is -0.134. The quantitative estimate of drug-likeness (QED) is 0.484. The summed E-state index contributed by atoms with van der Waals surface area (Å²) in [7, 11) is 0. The van der Waals surface area contributed by atoms with Crippen molar-refractivity contribution in [2.45, 2.75) is 52.9 Å². The molecule has 0 aromatic carbocycles. The molecule has 0 heterocycles. The normalized spacial score (nSPS) is 10.6. The van der Waals surface area contributed by atoms with Gasteiger partial charge in [-0.2, -0.15) is 0 Å². The van der Waals surface area contributed by atoms with Crippen molar-refractivity contribution < 1.29 is 9.63 Å². The van der Waals surface area contributed by atoms with Gasteiger partial charge in [0.1, 0.15) is 0 Å². The second-order valence-corrected chi connectivity index (χ2v) is 4.04. The standard InChI is InChI=1S/C11H23NO2/c1-4-5-6-7-8-11(13)12-14-9-10(2)3/h10H,4-9H2,1-3H3,(H,12,13). The Kier molecular flexibility index (Phi) is 8.64. The number of nitrogens with one attached hydrogen (secondary N) is 1. The highest BCUT2D eigenvalue weighted by Gasteiger charge is 2.01. The maximum Gasteiger partial charge on any atom is 0.243 e. The Morgan fingerprint density at radius 1 is 1.29 bits per heavy atom. The Labute approximate surface area is 87.2 Å². The lowest BCUT2D eigenvalue weighted by Crippen LogP contribution is -2.25. The number of unbranched alkanes of at least 4 members (excludes halogenated alkanes) is 3. The van der Waals surface area contributed by atoms with Crippen LogP contribution in [0.1, 0.15) is 52.9 Å². The molecule has 0 aromatic heterocycles. The molecule has 0 saturated carbocycles. The molecule has 0 aromatic rings. The summed E-state index contributed by atoms with van der Waals surface area (Å²) in [5, 5.41) is 0. The second kappa shape index (κ2) is 9.00. The van der Waals surface area contributed by atoms with Crippen LogP contribution in [-0.2, 0) is 9.63 Å². The van der Waals surface area contributed by atoms with Gasteiger partial charge in [-0.25, -0.2) is 5.48 Å². The van der Waals surface area contributed by atoms with Gasteiger partial charge in [-0.1, -0.05) is 40.0 Å². The zero-order valence-corrected chi connectivity index (χ0v) is 9.64. The fourth-order valence-corrected chi connectivity index (χ4v) is 1.05. The molecule has 1 N–H and O–H groups in total. The average Bonchev–Trinajstić information content (AvgIpc) is 2.12. The Balaban J connectivity index is 3.20. The van der Waals surface area contributed by atoms with Crippen LogP contribution in [-0.4, -0.2) is 12.5 Å². The molecule has 0 aliphatic heterocycles. The van der Waals surface area contributed by atoms with E-state index in [-0.39, 0.29) is 5.91 Å². The highest BCUT2D eigenvalue weighted by Crippen LogP contribution is 2.02. The summed E-state index contributed by atoms with van der Waals surface area (Å²) in [5.41, 5.74) is 2.45. The van der Waals surface area contributed by atoms with Crippen LogP contribution in [0.2, 0.25) is 0 Å². The molecule has 0 atom stereocenters. The van der Waals surface area contributed by atoms with Crippen LogP contribution in [0.3, 0.4) is 0 Å². The molecular weight excluding hydrogens is 178 g/mol. The van der Waals surface area contributed by atoms with Crippen molar-refractivity contribution in [2.24, 2.45) is 5.92 Å². The van der Waals surface area contributed by atoms with E-state index in [0.717, 1.165) is 12.8 Å². The third kappa shape index (κ3) is 9.52. The maximum atomic E-state index is 11.2. The number of hydrogen-bond donors (Lipinski definition) is 1. The first kappa shape index (κ1) is 13.4. The minimum Gasteiger partial charge on any atom is -0.273 e. The van der Waals surface area contributed by atoms with Gasteiger partial charge in [0.25, 0.3) is 0 Å². The van der Waals surface area contributed by atoms with Gasteiger partial charge in [0.15, 0.2) is 0 Å². The first-order valence-electron chi connectivity index (χ1n) is 5.57. The first-order valence-corrected chi connectivity index (χ1v) is 5.57. The van der Waals surface area contributed by atoms with E-state index < -0.39 is 0 Å². The highest BCUT2D eigenvalue weighted by molar-refractivity contribution is 5.74. The van der Waals surface area contributed by atoms with E-state index in [1.807, 2.05) is 13.8 Å². The molecule has 0 fully saturated rings. The van der Waals surface area contributed by atoms with Crippen LogP contribution < -0.4 is 5.48 Å². The van der Waals surface area contributed by atoms with Crippen LogP contribution in [0.5, 0.6) is 0 Å². The minimum absolute atomic E-state index is 0.00162. The van der Waals surface area contributed by atoms with E-state index in [4.69, 9.17) is 4.84 Å². The number of carbonyl (C=O) groups excluding carboxylic acids is 1. The van der Waals surface area contributed by atoms with Gasteiger partial charge >= 0.3 is 0 Å². The molecule has 0 saturated heterocycles. The van der Waals surface area contributed by atoms with Gasteiger partial charge in [0, 0.05) is 6.42 Å². The number of carbonyl (C=O) groups is 1. The van der Waals surface area contributed by atoms with Crippen LogP contribution >= 0.6 is 0 Å². The molecule has 14 heavy (non-hydrogen) atoms. The van der Waals surface area contributed by atoms with Crippen LogP contribution in [0.4, 0.5) is 0 Å². The zero-order valence-electron chi connectivity index (χ0n) is 9.64. The summed E-state index contributed by atoms with van der Waals surface area (Å²) < 4.78 is 0. The van der Waals surface area contributed by atoms with Crippen LogP contribution in [0, 0.1) is 5.92 Å². The Bertz CT molecular complexity index is 146. The summed E-state index contributed by atoms with van der Waals surface area (Å²) in [5.74, 6) is 0.456. The predicted octanol–water partition coefficient (Wildman–Crippen LogP) is 2.66. The number of rotatable bonds is 8. The van der Waals surface area contributed by atoms with Gasteiger partial charge in [-0.3, -0.25) is 9.63 Å². The Hall–Kier alpha value is -0.570. The van der Waals surface area contributed by atoms with Crippen molar-refractivity contribution in [3.63, 3.8) is 0 Å². The zero-order chi connectivity index (χ0) is 10.8. The molecule has 0 aliphatic carbocycles. The minimum atomic E-state index is 0.00162. The van der Waals surface area contributed by atoms with Crippen LogP contribution in [0.15, 0.2) is 0 Å². The fraction of sp³-hybridized carbons (Fsp3) is 0.909. The van der Waals surface area contributed by atoms with Crippen LogP contribution in [0.25, 0.3) is 0 Å². The van der Waals surface area contributed by atoms with Gasteiger partial charge in [0.2, 0.25) is 5.91 Å². The van der Waals surface area contributed by atoms with E-state index in [9.17, 15) is 4.79 Å². The molecule has 0 unspecified atom stereocenters. The molecular formula is C11H23NO2. The Morgan fingerprint density at radius 3 is 2.57 bits per heavy atom. The lowest BCUT2D eigenvalue weighted by atomic mass is 10.1. The predicted molar refractivity (Wildman–Crippen MR) is 57.7 cm³/mol. The molecule has 3 heteroatoms. The average molecular weight is 201 g/mol. The largest absolute Gasteiger partial charge is 0.273 e. The van der Waals surface area contributed by atoms with E-state index in [1.165, 1.54) is 12.8 Å². The van der Waals surface area contributed by atoms with E-state index >= 15 is 0 Å². The summed E-state index contributed by atoms with van der Waals surface area (Å²) >= 11 is 0. The third-order valence-corrected chi connectivity index (χ3v) is 1.86. The smallest absolute Gasteiger partial charge is 0.243 e. The molecule has 0 bridgehead atoms. The fourth-order valence-electron chi connectivity index (χ4n) is 1.05. The first-order chi connectivity index (χ1) is 6.66. The van der Waals surface area contributed by atoms with Crippen molar-refractivity contribution in [1.82, 2.24) is 5.48 Å². The summed E-state index contributed by atoms with van der Waals surface area (Å²) in [4.78, 5) is 16.2. The SMILES string of the molecule is CCCCCCC(=O)NOCC(C)C. The van der Waals surface area contributed by atoms with E-state index in [1.54, 1.807) is 0 Å². The number of amides is 1.